The standard InChI is InChI=1S/C10H8O/c1-2-6-3-5(1)7-4-8-10(11-8)9(6)7/h1-2,4,6,9-10H,3H2. The minimum atomic E-state index is 0.498. The summed E-state index contributed by atoms with van der Waals surface area (Å²) in [6.45, 7) is 0. The van der Waals surface area contributed by atoms with E-state index in [0.29, 0.717) is 6.10 Å². The Balaban J connectivity index is 2.02. The number of rotatable bonds is 0. The molecule has 54 valence electrons. The summed E-state index contributed by atoms with van der Waals surface area (Å²) in [5.41, 5.74) is 3.16. The summed E-state index contributed by atoms with van der Waals surface area (Å²) in [6.07, 6.45) is 8.68. The van der Waals surface area contributed by atoms with Crippen LogP contribution in [0.1, 0.15) is 6.42 Å². The molecule has 1 fully saturated rings. The van der Waals surface area contributed by atoms with E-state index in [-0.39, 0.29) is 0 Å². The predicted molar refractivity (Wildman–Crippen MR) is 40.7 cm³/mol. The molecule has 1 heteroatoms. The molecule has 1 heterocycles. The van der Waals surface area contributed by atoms with Crippen molar-refractivity contribution in [3.63, 3.8) is 0 Å². The van der Waals surface area contributed by atoms with Gasteiger partial charge in [0.25, 0.3) is 0 Å². The predicted octanol–water partition coefficient (Wildman–Crippen LogP) is 1.79. The molecule has 0 N–H and O–H groups in total. The highest BCUT2D eigenvalue weighted by atomic mass is 16.6. The first-order valence-electron chi connectivity index (χ1n) is 4.23. The Bertz CT molecular complexity index is 346. The van der Waals surface area contributed by atoms with Gasteiger partial charge in [-0.3, -0.25) is 0 Å². The monoisotopic (exact) mass is 144 g/mol. The highest BCUT2D eigenvalue weighted by Crippen LogP contribution is 2.57. The summed E-state index contributed by atoms with van der Waals surface area (Å²) in [5.74, 6) is 2.75. The van der Waals surface area contributed by atoms with Crippen molar-refractivity contribution in [3.8, 4) is 0 Å². The van der Waals surface area contributed by atoms with Gasteiger partial charge in [-0.1, -0.05) is 12.2 Å². The van der Waals surface area contributed by atoms with Gasteiger partial charge in [-0.2, -0.15) is 0 Å². The van der Waals surface area contributed by atoms with Crippen molar-refractivity contribution in [1.29, 1.82) is 0 Å². The van der Waals surface area contributed by atoms with Gasteiger partial charge < -0.3 is 4.74 Å². The topological polar surface area (TPSA) is 12.5 Å². The Morgan fingerprint density at radius 3 is 3.36 bits per heavy atom. The SMILES string of the molecule is C1=CC2CC1=C1C=C3OC3C12. The Morgan fingerprint density at radius 2 is 2.45 bits per heavy atom. The van der Waals surface area contributed by atoms with E-state index >= 15 is 0 Å². The molecule has 0 aromatic carbocycles. The van der Waals surface area contributed by atoms with E-state index in [0.717, 1.165) is 11.8 Å². The molecule has 2 bridgehead atoms. The van der Waals surface area contributed by atoms with Crippen LogP contribution >= 0.6 is 0 Å². The minimum absolute atomic E-state index is 0.498. The second kappa shape index (κ2) is 1.20. The number of allylic oxidation sites excluding steroid dienone is 4. The normalized spacial score (nSPS) is 47.3. The van der Waals surface area contributed by atoms with E-state index in [9.17, 15) is 0 Å². The van der Waals surface area contributed by atoms with Crippen LogP contribution in [0.5, 0.6) is 0 Å². The van der Waals surface area contributed by atoms with Crippen molar-refractivity contribution in [1.82, 2.24) is 0 Å². The third-order valence-electron chi connectivity index (χ3n) is 3.30. The number of hydrogen-bond donors (Lipinski definition) is 0. The molecule has 4 rings (SSSR count). The molecular weight excluding hydrogens is 136 g/mol. The lowest BCUT2D eigenvalue weighted by molar-refractivity contribution is 0.326. The van der Waals surface area contributed by atoms with E-state index in [4.69, 9.17) is 4.74 Å². The Kier molecular flexibility index (Phi) is 0.523. The maximum atomic E-state index is 5.41. The molecule has 1 aliphatic heterocycles. The average molecular weight is 144 g/mol. The van der Waals surface area contributed by atoms with Crippen LogP contribution < -0.4 is 0 Å². The maximum absolute atomic E-state index is 5.41. The van der Waals surface area contributed by atoms with Gasteiger partial charge in [0.2, 0.25) is 0 Å². The Morgan fingerprint density at radius 1 is 1.45 bits per heavy atom. The van der Waals surface area contributed by atoms with Gasteiger partial charge in [0.15, 0.2) is 6.10 Å². The van der Waals surface area contributed by atoms with Gasteiger partial charge in [0.05, 0.1) is 0 Å². The fourth-order valence-electron chi connectivity index (χ4n) is 2.74. The van der Waals surface area contributed by atoms with Gasteiger partial charge >= 0.3 is 0 Å². The molecule has 11 heavy (non-hydrogen) atoms. The highest BCUT2D eigenvalue weighted by molar-refractivity contribution is 5.54. The first-order chi connectivity index (χ1) is 5.43. The van der Waals surface area contributed by atoms with E-state index in [2.05, 4.69) is 18.2 Å². The summed E-state index contributed by atoms with van der Waals surface area (Å²) >= 11 is 0. The van der Waals surface area contributed by atoms with Gasteiger partial charge in [-0.05, 0) is 29.6 Å². The lowest BCUT2D eigenvalue weighted by atomic mass is 9.91. The van der Waals surface area contributed by atoms with Crippen LogP contribution in [0, 0.1) is 11.8 Å². The molecule has 0 aromatic rings. The molecule has 4 aliphatic rings. The van der Waals surface area contributed by atoms with Gasteiger partial charge in [-0.25, -0.2) is 0 Å². The molecule has 3 aliphatic carbocycles. The van der Waals surface area contributed by atoms with E-state index in [1.807, 2.05) is 0 Å². The van der Waals surface area contributed by atoms with Crippen molar-refractivity contribution in [3.05, 3.63) is 35.1 Å². The van der Waals surface area contributed by atoms with Crippen LogP contribution in [0.2, 0.25) is 0 Å². The zero-order valence-corrected chi connectivity index (χ0v) is 6.08. The lowest BCUT2D eigenvalue weighted by Crippen LogP contribution is -2.12. The molecule has 0 radical (unpaired) electrons. The minimum Gasteiger partial charge on any atom is -0.482 e. The van der Waals surface area contributed by atoms with E-state index in [1.54, 1.807) is 11.1 Å². The Hall–Kier alpha value is -0.980. The summed E-state index contributed by atoms with van der Waals surface area (Å²) < 4.78 is 5.41. The molecule has 1 saturated heterocycles. The Labute approximate surface area is 65.0 Å². The van der Waals surface area contributed by atoms with Gasteiger partial charge in [0.1, 0.15) is 5.76 Å². The summed E-state index contributed by atoms with van der Waals surface area (Å²) in [7, 11) is 0. The van der Waals surface area contributed by atoms with Crippen LogP contribution in [-0.2, 0) is 4.74 Å². The fourth-order valence-corrected chi connectivity index (χ4v) is 2.74. The highest BCUT2D eigenvalue weighted by Gasteiger charge is 2.54. The van der Waals surface area contributed by atoms with Crippen LogP contribution in [0.15, 0.2) is 35.1 Å². The van der Waals surface area contributed by atoms with E-state index in [1.165, 1.54) is 12.2 Å². The van der Waals surface area contributed by atoms with Crippen molar-refractivity contribution >= 4 is 0 Å². The maximum Gasteiger partial charge on any atom is 0.163 e. The number of hydrogen-bond acceptors (Lipinski definition) is 1. The number of fused-ring (bicyclic) bond motifs is 6. The van der Waals surface area contributed by atoms with Crippen LogP contribution in [0.3, 0.4) is 0 Å². The zero-order chi connectivity index (χ0) is 7.00. The lowest BCUT2D eigenvalue weighted by Gasteiger charge is -2.13. The van der Waals surface area contributed by atoms with Crippen LogP contribution in [-0.4, -0.2) is 6.10 Å². The molecule has 0 saturated carbocycles. The van der Waals surface area contributed by atoms with Gasteiger partial charge in [-0.15, -0.1) is 0 Å². The second-order valence-corrected chi connectivity index (χ2v) is 3.82. The summed E-state index contributed by atoms with van der Waals surface area (Å²) in [5, 5.41) is 0. The molecule has 0 amide bonds. The summed E-state index contributed by atoms with van der Waals surface area (Å²) in [6, 6.07) is 0. The fraction of sp³-hybridized carbons (Fsp3) is 0.400. The first-order valence-corrected chi connectivity index (χ1v) is 4.23. The third kappa shape index (κ3) is 0.384. The van der Waals surface area contributed by atoms with Crippen molar-refractivity contribution in [2.75, 3.05) is 0 Å². The largest absolute Gasteiger partial charge is 0.482 e. The van der Waals surface area contributed by atoms with E-state index < -0.39 is 0 Å². The number of epoxide rings is 1. The van der Waals surface area contributed by atoms with Crippen molar-refractivity contribution in [2.24, 2.45) is 11.8 Å². The molecule has 1 nitrogen and oxygen atoms in total. The van der Waals surface area contributed by atoms with Crippen LogP contribution in [0.4, 0.5) is 0 Å². The van der Waals surface area contributed by atoms with Crippen molar-refractivity contribution < 1.29 is 4.74 Å². The molecular formula is C10H8O. The quantitative estimate of drug-likeness (QED) is 0.472. The zero-order valence-electron chi connectivity index (χ0n) is 6.08. The third-order valence-corrected chi connectivity index (χ3v) is 3.30. The smallest absolute Gasteiger partial charge is 0.163 e. The average Bonchev–Trinajstić information content (AvgIpc) is 2.53. The molecule has 0 aromatic heterocycles. The molecule has 3 atom stereocenters. The van der Waals surface area contributed by atoms with Crippen LogP contribution in [0.25, 0.3) is 0 Å². The molecule has 0 spiro atoms. The number of ether oxygens (including phenoxy) is 1. The first kappa shape index (κ1) is 4.81. The molecule has 3 unspecified atom stereocenters. The van der Waals surface area contributed by atoms with Crippen molar-refractivity contribution in [2.45, 2.75) is 12.5 Å². The second-order valence-electron chi connectivity index (χ2n) is 3.82. The van der Waals surface area contributed by atoms with Gasteiger partial charge in [0, 0.05) is 5.92 Å². The summed E-state index contributed by atoms with van der Waals surface area (Å²) in [4.78, 5) is 0.